The lowest BCUT2D eigenvalue weighted by Crippen LogP contribution is -2.71. The minimum Gasteiger partial charge on any atom is -0.748 e. The van der Waals surface area contributed by atoms with Crippen LogP contribution >= 0.6 is 0 Å². The van der Waals surface area contributed by atoms with Crippen molar-refractivity contribution < 1.29 is 206 Å². The molecule has 84 heavy (non-hydrogen) atoms. The highest BCUT2D eigenvalue weighted by Gasteiger charge is 2.59. The lowest BCUT2D eigenvalue weighted by molar-refractivity contribution is -0.387. The van der Waals surface area contributed by atoms with Gasteiger partial charge in [0.1, 0.15) is 110 Å². The van der Waals surface area contributed by atoms with Gasteiger partial charge < -0.3 is 130 Å². The number of hydrogen-bond acceptors (Lipinski definition) is 45. The Kier molecular flexibility index (Phi) is 23.4. The Bertz CT molecular complexity index is 3130. The second-order valence-electron chi connectivity index (χ2n) is 17.6. The summed E-state index contributed by atoms with van der Waals surface area (Å²) in [6.07, 6.45) is -63.6. The number of carboxylic acids is 2. The summed E-state index contributed by atoms with van der Waals surface area (Å²) in [5.74, 6) is -7.08. The molecule has 0 amide bonds. The van der Waals surface area contributed by atoms with Gasteiger partial charge in [0.15, 0.2) is 51.9 Å². The largest absolute Gasteiger partial charge is 0.748 e. The molecule has 492 valence electrons. The van der Waals surface area contributed by atoms with Gasteiger partial charge in [-0.3, -0.25) is 16.7 Å². The SMILES string of the molecule is O=C([O-])[C@H]1O[C@@H](O[C@H]2[C@H](OS(=O)(=O)[O-])[C@@H](NS(=O)(=O)[O-])[C@H](O[C@H]3[C@H](O)[C@@H](OS(=O)(=O)[O-])[C@H](O[C@@H]4[C@H](O)[C@@H](CO)O[C@@H]4CS(=O)(=O)[O-])O[C@H]3C(=O)[O-])O[C@@H]2COS(=O)(=O)[O-])[C@H](O)[C@@H](O)[C@@H]1O[C@H]1O[C@H](COS(=O)(=O)[O-])[C@@H](O)[C@H](O)[C@H]1NS(=O)(=O)[O-]. The van der Waals surface area contributed by atoms with Crippen LogP contribution in [0, 0.1) is 0 Å². The fourth-order valence-corrected chi connectivity index (χ4v) is 11.9. The number of aliphatic hydroxyl groups is 7. The predicted molar refractivity (Wildman–Crippen MR) is 224 cm³/mol. The summed E-state index contributed by atoms with van der Waals surface area (Å²) in [6.45, 7) is -4.89. The molecule has 0 unspecified atom stereocenters. The van der Waals surface area contributed by atoms with E-state index in [9.17, 15) is 146 Å². The molecule has 0 aromatic carbocycles. The monoisotopic (exact) mass is 1370 g/mol. The molecule has 5 saturated heterocycles. The Morgan fingerprint density at radius 2 is 0.833 bits per heavy atom. The minimum atomic E-state index is -6.61. The van der Waals surface area contributed by atoms with Crippen LogP contribution < -0.4 is 19.7 Å². The van der Waals surface area contributed by atoms with Gasteiger partial charge in [-0.15, -0.1) is 0 Å². The predicted octanol–water partition coefficient (Wildman–Crippen LogP) is -18.1. The van der Waals surface area contributed by atoms with Gasteiger partial charge in [-0.05, 0) is 0 Å². The van der Waals surface area contributed by atoms with Gasteiger partial charge in [-0.1, -0.05) is 0 Å². The molecule has 54 heteroatoms. The van der Waals surface area contributed by atoms with Gasteiger partial charge >= 0.3 is 0 Å². The standard InChI is InChI=1S/C30H50N2O45S7/c33-1-5-12(35)17(8(67-5)4-78(44,45)46)70-30-22(77-84(62,63)64)16(39)21(24(75-30)26(42)43)73-28-10(32-80(50,51)52)19(76-83(59,60)61)18(7(69-28)3-66-82(56,57)58)71-29-15(38)14(37)20(23(74-29)25(40)41)72-27-9(31-79(47,48)49)13(36)11(34)6(68-27)2-65-81(53,54)55/h5-24,27-39H,1-4H2,(H,40,41)(H,42,43)(H,44,45,46)(H,47,48,49)(H,50,51,52)(H,53,54,55)(H,56,57,58)(H,59,60,61)(H,62,63,64)/p-9/t5-,6-,7-,8-,9-,10-,11-,12-,13-,14-,15-,16+,17+,18-,19-,20+,21+,22-,23+,24-,27-,28+,29-,30-/m1/s1. The number of ether oxygens (including phenoxy) is 9. The molecule has 5 rings (SSSR count). The molecule has 0 radical (unpaired) electrons. The van der Waals surface area contributed by atoms with Crippen LogP contribution in [0.4, 0.5) is 0 Å². The number of hydrogen-bond donors (Lipinski definition) is 9. The zero-order valence-electron chi connectivity index (χ0n) is 40.2. The topological polar surface area (TPSA) is 766 Å². The Labute approximate surface area is 470 Å². The summed E-state index contributed by atoms with van der Waals surface area (Å²) >= 11 is 0. The summed E-state index contributed by atoms with van der Waals surface area (Å²) in [7, 11) is -42.4. The van der Waals surface area contributed by atoms with Gasteiger partial charge in [0.05, 0.1) is 53.7 Å². The number of aliphatic hydroxyl groups excluding tert-OH is 7. The molecular weight excluding hydrogens is 1330 g/mol. The average molecular weight is 1370 g/mol. The molecule has 0 aromatic heterocycles. The highest BCUT2D eigenvalue weighted by Crippen LogP contribution is 2.38. The van der Waals surface area contributed by atoms with Gasteiger partial charge in [0, 0.05) is 0 Å². The molecule has 0 saturated carbocycles. The third kappa shape index (κ3) is 20.0. The van der Waals surface area contributed by atoms with Crippen molar-refractivity contribution in [2.24, 2.45) is 0 Å². The summed E-state index contributed by atoms with van der Waals surface area (Å²) in [5.41, 5.74) is 0. The maximum Gasteiger partial charge on any atom is 0.218 e. The molecule has 0 aromatic rings. The van der Waals surface area contributed by atoms with E-state index in [0.717, 1.165) is 9.44 Å². The van der Waals surface area contributed by atoms with Crippen molar-refractivity contribution >= 4 is 84.3 Å². The van der Waals surface area contributed by atoms with Crippen molar-refractivity contribution in [3.05, 3.63) is 0 Å². The van der Waals surface area contributed by atoms with Crippen molar-refractivity contribution in [1.82, 2.24) is 9.44 Å². The first-order valence-corrected chi connectivity index (χ1v) is 31.7. The lowest BCUT2D eigenvalue weighted by atomic mass is 9.94. The zero-order valence-corrected chi connectivity index (χ0v) is 45.9. The maximum atomic E-state index is 12.7. The Hall–Kier alpha value is -2.57. The highest BCUT2D eigenvalue weighted by atomic mass is 32.3. The maximum absolute atomic E-state index is 12.7. The Morgan fingerprint density at radius 3 is 1.30 bits per heavy atom. The van der Waals surface area contributed by atoms with E-state index in [0.29, 0.717) is 0 Å². The van der Waals surface area contributed by atoms with Gasteiger partial charge in [-0.2, -0.15) is 0 Å². The number of aliphatic carboxylic acids is 2. The second-order valence-corrected chi connectivity index (χ2v) is 25.4. The smallest absolute Gasteiger partial charge is 0.218 e. The van der Waals surface area contributed by atoms with Gasteiger partial charge in [0.2, 0.25) is 41.6 Å². The van der Waals surface area contributed by atoms with E-state index in [2.05, 4.69) is 16.7 Å². The Balaban J connectivity index is 1.58. The van der Waals surface area contributed by atoms with Crippen molar-refractivity contribution in [3.8, 4) is 0 Å². The highest BCUT2D eigenvalue weighted by molar-refractivity contribution is 7.85. The molecule has 24 atom stereocenters. The minimum absolute atomic E-state index is 0.935. The fraction of sp³-hybridized carbons (Fsp3) is 0.933. The van der Waals surface area contributed by atoms with Crippen LogP contribution in [0.15, 0.2) is 0 Å². The van der Waals surface area contributed by atoms with E-state index in [1.807, 2.05) is 0 Å². The first-order valence-electron chi connectivity index (χ1n) is 22.0. The molecule has 5 aliphatic heterocycles. The third-order valence-electron chi connectivity index (χ3n) is 11.8. The van der Waals surface area contributed by atoms with E-state index >= 15 is 0 Å². The number of carbonyl (C=O) groups is 2. The van der Waals surface area contributed by atoms with Crippen molar-refractivity contribution in [3.63, 3.8) is 0 Å². The normalized spacial score (nSPS) is 39.6. The number of nitrogens with one attached hydrogen (secondary N) is 2. The van der Waals surface area contributed by atoms with Crippen LogP contribution in [0.5, 0.6) is 0 Å². The molecule has 9 N–H and O–H groups in total. The first kappa shape index (κ1) is 72.2. The van der Waals surface area contributed by atoms with Crippen molar-refractivity contribution in [2.75, 3.05) is 25.6 Å². The molecule has 5 heterocycles. The fourth-order valence-electron chi connectivity index (χ4n) is 8.53. The van der Waals surface area contributed by atoms with E-state index in [1.54, 1.807) is 0 Å². The second kappa shape index (κ2) is 27.3. The van der Waals surface area contributed by atoms with Crippen LogP contribution in [-0.2, 0) is 141 Å². The summed E-state index contributed by atoms with van der Waals surface area (Å²) in [5, 5.41) is 101. The van der Waals surface area contributed by atoms with Crippen LogP contribution in [0.3, 0.4) is 0 Å². The summed E-state index contributed by atoms with van der Waals surface area (Å²) < 4.78 is 313. The zero-order chi connectivity index (χ0) is 63.9. The van der Waals surface area contributed by atoms with Crippen LogP contribution in [-0.4, -0.2) is 311 Å². The van der Waals surface area contributed by atoms with Gasteiger partial charge in [0.25, 0.3) is 0 Å². The average Bonchev–Trinajstić information content (AvgIpc) is 1.73. The molecule has 0 aliphatic carbocycles. The first-order chi connectivity index (χ1) is 38.1. The van der Waals surface area contributed by atoms with Crippen molar-refractivity contribution in [1.29, 1.82) is 0 Å². The Morgan fingerprint density at radius 1 is 0.405 bits per heavy atom. The molecule has 47 nitrogen and oxygen atoms in total. The molecule has 5 fully saturated rings. The lowest BCUT2D eigenvalue weighted by Gasteiger charge is -2.51. The molecule has 0 bridgehead atoms. The molecular formula is C30H41N2O45S7-9. The molecule has 5 aliphatic rings. The number of rotatable bonds is 27. The van der Waals surface area contributed by atoms with Crippen LogP contribution in [0.2, 0.25) is 0 Å². The van der Waals surface area contributed by atoms with E-state index in [-0.39, 0.29) is 0 Å². The van der Waals surface area contributed by atoms with Crippen molar-refractivity contribution in [2.45, 2.75) is 147 Å². The molecule has 0 spiro atoms. The van der Waals surface area contributed by atoms with Crippen LogP contribution in [0.1, 0.15) is 0 Å². The number of carbonyl (C=O) groups excluding carboxylic acids is 2. The van der Waals surface area contributed by atoms with E-state index in [4.69, 9.17) is 42.6 Å². The van der Waals surface area contributed by atoms with Crippen LogP contribution in [0.25, 0.3) is 0 Å². The van der Waals surface area contributed by atoms with E-state index in [1.165, 1.54) is 0 Å². The summed E-state index contributed by atoms with van der Waals surface area (Å²) in [4.78, 5) is 25.2. The number of carboxylic acid groups (broad SMARTS) is 2. The van der Waals surface area contributed by atoms with Gasteiger partial charge in [-0.25, -0.2) is 68.4 Å². The third-order valence-corrected chi connectivity index (χ3v) is 15.4. The van der Waals surface area contributed by atoms with E-state index < -0.39 is 257 Å². The summed E-state index contributed by atoms with van der Waals surface area (Å²) in [6, 6.07) is -6.02. The quantitative estimate of drug-likeness (QED) is 0.0272.